The number of imidazole rings is 1. The van der Waals surface area contributed by atoms with Crippen LogP contribution in [0, 0.1) is 0 Å². The van der Waals surface area contributed by atoms with Gasteiger partial charge in [-0.3, -0.25) is 4.57 Å². The molecule has 4 aromatic rings. The van der Waals surface area contributed by atoms with E-state index in [0.29, 0.717) is 16.5 Å². The van der Waals surface area contributed by atoms with Crippen molar-refractivity contribution in [1.29, 1.82) is 0 Å². The first-order chi connectivity index (χ1) is 15.0. The van der Waals surface area contributed by atoms with Crippen LogP contribution >= 0.6 is 11.6 Å². The van der Waals surface area contributed by atoms with Crippen molar-refractivity contribution in [3.63, 3.8) is 0 Å². The van der Waals surface area contributed by atoms with Gasteiger partial charge in [0.05, 0.1) is 10.6 Å². The molecule has 0 atom stereocenters. The molecule has 0 aliphatic rings. The first kappa shape index (κ1) is 22.3. The van der Waals surface area contributed by atoms with Crippen LogP contribution in [-0.2, 0) is 15.4 Å². The molecule has 7 heteroatoms. The fourth-order valence-electron chi connectivity index (χ4n) is 3.42. The quantitative estimate of drug-likeness (QED) is 0.422. The molecule has 0 saturated heterocycles. The van der Waals surface area contributed by atoms with Crippen molar-refractivity contribution in [3.8, 4) is 28.2 Å². The Labute approximate surface area is 192 Å². The van der Waals surface area contributed by atoms with Gasteiger partial charge in [0.25, 0.3) is 0 Å². The van der Waals surface area contributed by atoms with Crippen LogP contribution in [0.2, 0.25) is 5.02 Å². The van der Waals surface area contributed by atoms with Gasteiger partial charge in [-0.25, -0.2) is 13.4 Å². The second-order valence-corrected chi connectivity index (χ2v) is 10.7. The Balaban J connectivity index is 1.79. The fraction of sp³-hybridized carbons (Fsp3) is 0.160. The van der Waals surface area contributed by atoms with Gasteiger partial charge in [-0.2, -0.15) is 0 Å². The van der Waals surface area contributed by atoms with Gasteiger partial charge < -0.3 is 5.11 Å². The smallest absolute Gasteiger partial charge is 0.175 e. The Morgan fingerprint density at radius 1 is 0.906 bits per heavy atom. The van der Waals surface area contributed by atoms with Crippen LogP contribution in [-0.4, -0.2) is 29.3 Å². The Morgan fingerprint density at radius 3 is 2.19 bits per heavy atom. The van der Waals surface area contributed by atoms with E-state index in [1.165, 1.54) is 6.26 Å². The Bertz CT molecular complexity index is 1390. The third kappa shape index (κ3) is 4.63. The van der Waals surface area contributed by atoms with E-state index in [-0.39, 0.29) is 4.90 Å². The third-order valence-electron chi connectivity index (χ3n) is 5.16. The van der Waals surface area contributed by atoms with Crippen molar-refractivity contribution in [3.05, 3.63) is 89.7 Å². The molecule has 32 heavy (non-hydrogen) atoms. The van der Waals surface area contributed by atoms with E-state index in [9.17, 15) is 13.5 Å². The molecule has 1 aromatic heterocycles. The summed E-state index contributed by atoms with van der Waals surface area (Å²) < 4.78 is 25.7. The highest BCUT2D eigenvalue weighted by Gasteiger charge is 2.23. The normalized spacial score (nSPS) is 12.2. The van der Waals surface area contributed by atoms with Gasteiger partial charge in [0, 0.05) is 28.7 Å². The molecule has 0 aliphatic carbocycles. The second kappa shape index (κ2) is 8.20. The first-order valence-electron chi connectivity index (χ1n) is 10.0. The molecule has 1 N–H and O–H groups in total. The van der Waals surface area contributed by atoms with Gasteiger partial charge in [0.15, 0.2) is 9.84 Å². The van der Waals surface area contributed by atoms with Crippen LogP contribution in [0.25, 0.3) is 28.2 Å². The van der Waals surface area contributed by atoms with Crippen molar-refractivity contribution in [2.24, 2.45) is 0 Å². The fourth-order valence-corrected chi connectivity index (χ4v) is 4.28. The van der Waals surface area contributed by atoms with Crippen LogP contribution in [0.1, 0.15) is 19.5 Å². The van der Waals surface area contributed by atoms with E-state index >= 15 is 0 Å². The molecule has 0 fully saturated rings. The van der Waals surface area contributed by atoms with Crippen LogP contribution in [0.3, 0.4) is 0 Å². The summed E-state index contributed by atoms with van der Waals surface area (Å²) in [4.78, 5) is 4.96. The SMILES string of the molecule is CC(C)(O)c1cn(-c2ccc(-c3cccc(S(C)(=O)=O)c3)cc2)c(-c2cccc(Cl)c2)n1. The maximum Gasteiger partial charge on any atom is 0.175 e. The van der Waals surface area contributed by atoms with E-state index in [4.69, 9.17) is 11.6 Å². The zero-order chi connectivity index (χ0) is 23.1. The van der Waals surface area contributed by atoms with E-state index < -0.39 is 15.4 Å². The molecule has 0 spiro atoms. The molecular weight excluding hydrogens is 444 g/mol. The topological polar surface area (TPSA) is 72.2 Å². The summed E-state index contributed by atoms with van der Waals surface area (Å²) in [5, 5.41) is 11.1. The zero-order valence-corrected chi connectivity index (χ0v) is 19.5. The third-order valence-corrected chi connectivity index (χ3v) is 6.50. The number of nitrogens with zero attached hydrogens (tertiary/aromatic N) is 2. The number of benzene rings is 3. The largest absolute Gasteiger partial charge is 0.384 e. The van der Waals surface area contributed by atoms with Crippen LogP contribution in [0.15, 0.2) is 83.9 Å². The summed E-state index contributed by atoms with van der Waals surface area (Å²) in [5.74, 6) is 0.663. The molecule has 0 saturated carbocycles. The number of halogens is 1. The molecule has 164 valence electrons. The lowest BCUT2D eigenvalue weighted by Gasteiger charge is -2.13. The maximum absolute atomic E-state index is 11.9. The molecule has 1 heterocycles. The number of sulfone groups is 1. The molecule has 0 amide bonds. The second-order valence-electron chi connectivity index (χ2n) is 8.24. The molecule has 0 aliphatic heterocycles. The number of aliphatic hydroxyl groups is 1. The van der Waals surface area contributed by atoms with Crippen molar-refractivity contribution in [2.75, 3.05) is 6.26 Å². The van der Waals surface area contributed by atoms with Gasteiger partial charge in [0.1, 0.15) is 11.4 Å². The highest BCUT2D eigenvalue weighted by atomic mass is 35.5. The zero-order valence-electron chi connectivity index (χ0n) is 17.9. The van der Waals surface area contributed by atoms with Gasteiger partial charge >= 0.3 is 0 Å². The minimum Gasteiger partial charge on any atom is -0.384 e. The average molecular weight is 467 g/mol. The van der Waals surface area contributed by atoms with Crippen molar-refractivity contribution >= 4 is 21.4 Å². The summed E-state index contributed by atoms with van der Waals surface area (Å²) in [6, 6.07) is 22.0. The predicted molar refractivity (Wildman–Crippen MR) is 128 cm³/mol. The average Bonchev–Trinajstić information content (AvgIpc) is 3.19. The lowest BCUT2D eigenvalue weighted by molar-refractivity contribution is 0.0743. The minimum absolute atomic E-state index is 0.284. The lowest BCUT2D eigenvalue weighted by Crippen LogP contribution is -2.15. The van der Waals surface area contributed by atoms with Crippen LogP contribution < -0.4 is 0 Å². The molecule has 0 bridgehead atoms. The van der Waals surface area contributed by atoms with Gasteiger partial charge in [0.2, 0.25) is 0 Å². The van der Waals surface area contributed by atoms with Gasteiger partial charge in [-0.15, -0.1) is 0 Å². The lowest BCUT2D eigenvalue weighted by atomic mass is 10.1. The monoisotopic (exact) mass is 466 g/mol. The first-order valence-corrected chi connectivity index (χ1v) is 12.3. The number of aromatic nitrogens is 2. The minimum atomic E-state index is -3.28. The van der Waals surface area contributed by atoms with E-state index in [1.807, 2.05) is 59.3 Å². The molecule has 3 aromatic carbocycles. The van der Waals surface area contributed by atoms with Crippen molar-refractivity contribution < 1.29 is 13.5 Å². The molecule has 4 rings (SSSR count). The molecular formula is C25H23ClN2O3S. The van der Waals surface area contributed by atoms with E-state index in [1.54, 1.807) is 38.1 Å². The summed E-state index contributed by atoms with van der Waals surface area (Å²) >= 11 is 6.19. The standard InChI is InChI=1S/C25H23ClN2O3S/c1-25(2,29)23-16-28(24(27-23)19-7-4-8-20(26)14-19)21-12-10-17(11-13-21)18-6-5-9-22(15-18)32(3,30)31/h4-16,29H,1-3H3. The highest BCUT2D eigenvalue weighted by Crippen LogP contribution is 2.30. The van der Waals surface area contributed by atoms with Crippen LogP contribution in [0.5, 0.6) is 0 Å². The summed E-state index contributed by atoms with van der Waals surface area (Å²) in [6.07, 6.45) is 3.02. The summed E-state index contributed by atoms with van der Waals surface area (Å²) in [7, 11) is -3.28. The summed E-state index contributed by atoms with van der Waals surface area (Å²) in [6.45, 7) is 3.39. The Hall–Kier alpha value is -2.93. The number of rotatable bonds is 5. The van der Waals surface area contributed by atoms with Gasteiger partial charge in [-0.05, 0) is 61.4 Å². The Morgan fingerprint density at radius 2 is 1.56 bits per heavy atom. The maximum atomic E-state index is 11.9. The van der Waals surface area contributed by atoms with Crippen molar-refractivity contribution in [1.82, 2.24) is 9.55 Å². The highest BCUT2D eigenvalue weighted by molar-refractivity contribution is 7.90. The number of hydrogen-bond acceptors (Lipinski definition) is 4. The predicted octanol–water partition coefficient (Wildman–Crippen LogP) is 5.49. The summed E-state index contributed by atoms with van der Waals surface area (Å²) in [5.41, 5.74) is 2.83. The Kier molecular flexibility index (Phi) is 5.71. The molecule has 0 radical (unpaired) electrons. The van der Waals surface area contributed by atoms with E-state index in [0.717, 1.165) is 22.4 Å². The van der Waals surface area contributed by atoms with E-state index in [2.05, 4.69) is 4.98 Å². The molecule has 0 unspecified atom stereocenters. The molecule has 5 nitrogen and oxygen atoms in total. The van der Waals surface area contributed by atoms with Crippen LogP contribution in [0.4, 0.5) is 0 Å². The van der Waals surface area contributed by atoms with Crippen molar-refractivity contribution in [2.45, 2.75) is 24.3 Å². The number of hydrogen-bond donors (Lipinski definition) is 1. The van der Waals surface area contributed by atoms with Gasteiger partial charge in [-0.1, -0.05) is 48.0 Å².